The van der Waals surface area contributed by atoms with Crippen molar-refractivity contribution < 1.29 is 39.5 Å². The summed E-state index contributed by atoms with van der Waals surface area (Å²) in [6, 6.07) is 0. The number of rotatable bonds is 6. The van der Waals surface area contributed by atoms with E-state index in [0.29, 0.717) is 5.92 Å². The van der Waals surface area contributed by atoms with Crippen LogP contribution in [0, 0.1) is 11.8 Å². The second-order valence-corrected chi connectivity index (χ2v) is 4.97. The summed E-state index contributed by atoms with van der Waals surface area (Å²) >= 11 is 0. The van der Waals surface area contributed by atoms with Gasteiger partial charge in [0.1, 0.15) is 0 Å². The van der Waals surface area contributed by atoms with E-state index in [0.717, 1.165) is 18.8 Å². The maximum Gasteiger partial charge on any atom is 1.00 e. The normalized spacial score (nSPS) is 24.8. The third kappa shape index (κ3) is 6.93. The number of hydrogen-bond donors (Lipinski definition) is 0. The van der Waals surface area contributed by atoms with Crippen LogP contribution in [-0.2, 0) is 4.79 Å². The van der Waals surface area contributed by atoms with E-state index in [-0.39, 0.29) is 36.0 Å². The van der Waals surface area contributed by atoms with Crippen LogP contribution < -0.4 is 34.7 Å². The summed E-state index contributed by atoms with van der Waals surface area (Å²) in [5.41, 5.74) is 0. The van der Waals surface area contributed by atoms with Crippen LogP contribution in [0.4, 0.5) is 0 Å². The van der Waals surface area contributed by atoms with E-state index in [2.05, 4.69) is 6.92 Å². The molecule has 0 spiro atoms. The van der Waals surface area contributed by atoms with Gasteiger partial charge in [0.05, 0.1) is 0 Å². The fraction of sp³-hybridized carbons (Fsp3) is 0.923. The largest absolute Gasteiger partial charge is 1.00 e. The zero-order valence-electron chi connectivity index (χ0n) is 10.8. The molecule has 1 rings (SSSR count). The Kier molecular flexibility index (Phi) is 9.77. The summed E-state index contributed by atoms with van der Waals surface area (Å²) in [5.74, 6) is 0.319. The second kappa shape index (κ2) is 9.49. The van der Waals surface area contributed by atoms with Crippen LogP contribution in [-0.4, -0.2) is 5.97 Å². The molecule has 0 aliphatic heterocycles. The van der Waals surface area contributed by atoms with E-state index in [1.807, 2.05) is 0 Å². The summed E-state index contributed by atoms with van der Waals surface area (Å²) in [5, 5.41) is 10.5. The van der Waals surface area contributed by atoms with Gasteiger partial charge in [0.2, 0.25) is 0 Å². The Morgan fingerprint density at radius 3 is 2.56 bits per heavy atom. The van der Waals surface area contributed by atoms with Crippen LogP contribution in [0.3, 0.4) is 0 Å². The minimum atomic E-state index is -0.866. The zero-order valence-corrected chi connectivity index (χ0v) is 12.8. The molecule has 2 atom stereocenters. The fourth-order valence-electron chi connectivity index (χ4n) is 2.77. The van der Waals surface area contributed by atoms with Crippen molar-refractivity contribution in [3.63, 3.8) is 0 Å². The van der Waals surface area contributed by atoms with Crippen LogP contribution in [0.15, 0.2) is 0 Å². The maximum absolute atomic E-state index is 10.5. The Hall–Kier alpha value is 0.470. The second-order valence-electron chi connectivity index (χ2n) is 4.97. The van der Waals surface area contributed by atoms with Crippen LogP contribution in [0.5, 0.6) is 0 Å². The van der Waals surface area contributed by atoms with Gasteiger partial charge in [0.25, 0.3) is 0 Å². The van der Waals surface area contributed by atoms with Gasteiger partial charge in [0, 0.05) is 5.97 Å². The third-order valence-corrected chi connectivity index (χ3v) is 3.56. The molecule has 0 aromatic carbocycles. The predicted molar refractivity (Wildman–Crippen MR) is 59.2 cm³/mol. The summed E-state index contributed by atoms with van der Waals surface area (Å²) in [7, 11) is 0. The van der Waals surface area contributed by atoms with Crippen molar-refractivity contribution in [2.75, 3.05) is 0 Å². The SMILES string of the molecule is CCCCCC1CCCC(CC(=O)[O-])C1.[Na+]. The molecule has 0 N–H and O–H groups in total. The summed E-state index contributed by atoms with van der Waals surface area (Å²) in [4.78, 5) is 10.5. The van der Waals surface area contributed by atoms with E-state index in [1.165, 1.54) is 38.5 Å². The number of carbonyl (C=O) groups is 1. The first-order chi connectivity index (χ1) is 7.22. The standard InChI is InChI=1S/C13H24O2.Na/c1-2-3-4-6-11-7-5-8-12(9-11)10-13(14)15;/h11-12H,2-10H2,1H3,(H,14,15);/q;+1/p-1. The van der Waals surface area contributed by atoms with Crippen molar-refractivity contribution in [2.24, 2.45) is 11.8 Å². The Balaban J connectivity index is 0.00000225. The van der Waals surface area contributed by atoms with E-state index in [9.17, 15) is 9.90 Å². The molecule has 1 aliphatic rings. The number of carboxylic acid groups (broad SMARTS) is 1. The molecule has 0 bridgehead atoms. The first-order valence-electron chi connectivity index (χ1n) is 6.42. The molecule has 3 heteroatoms. The third-order valence-electron chi connectivity index (χ3n) is 3.56. The van der Waals surface area contributed by atoms with Crippen LogP contribution in [0.25, 0.3) is 0 Å². The van der Waals surface area contributed by atoms with Crippen molar-refractivity contribution in [1.29, 1.82) is 0 Å². The smallest absolute Gasteiger partial charge is 0.550 e. The molecule has 0 amide bonds. The monoisotopic (exact) mass is 234 g/mol. The average Bonchev–Trinajstić information content (AvgIpc) is 2.18. The van der Waals surface area contributed by atoms with Crippen molar-refractivity contribution in [3.05, 3.63) is 0 Å². The van der Waals surface area contributed by atoms with E-state index in [4.69, 9.17) is 0 Å². The minimum absolute atomic E-state index is 0. The number of carbonyl (C=O) groups excluding carboxylic acids is 1. The van der Waals surface area contributed by atoms with Crippen LogP contribution in [0.2, 0.25) is 0 Å². The van der Waals surface area contributed by atoms with Gasteiger partial charge < -0.3 is 9.90 Å². The molecule has 1 saturated carbocycles. The van der Waals surface area contributed by atoms with E-state index >= 15 is 0 Å². The Morgan fingerprint density at radius 2 is 1.94 bits per heavy atom. The van der Waals surface area contributed by atoms with Crippen LogP contribution in [0.1, 0.15) is 64.7 Å². The molecule has 0 saturated heterocycles. The Bertz CT molecular complexity index is 194. The van der Waals surface area contributed by atoms with Crippen molar-refractivity contribution in [3.8, 4) is 0 Å². The molecular formula is C13H23NaO2. The quantitative estimate of drug-likeness (QED) is 0.460. The van der Waals surface area contributed by atoms with Gasteiger partial charge in [-0.15, -0.1) is 0 Å². The molecule has 0 radical (unpaired) electrons. The summed E-state index contributed by atoms with van der Waals surface area (Å²) < 4.78 is 0. The number of unbranched alkanes of at least 4 members (excludes halogenated alkanes) is 2. The predicted octanol–water partition coefficient (Wildman–Crippen LogP) is -0.483. The van der Waals surface area contributed by atoms with Crippen molar-refractivity contribution in [2.45, 2.75) is 64.7 Å². The van der Waals surface area contributed by atoms with E-state index in [1.54, 1.807) is 0 Å². The van der Waals surface area contributed by atoms with Gasteiger partial charge in [-0.05, 0) is 24.7 Å². The number of hydrogen-bond acceptors (Lipinski definition) is 2. The van der Waals surface area contributed by atoms with Crippen molar-refractivity contribution >= 4 is 5.97 Å². The molecule has 2 unspecified atom stereocenters. The topological polar surface area (TPSA) is 40.1 Å². The fourth-order valence-corrected chi connectivity index (χ4v) is 2.77. The first-order valence-corrected chi connectivity index (χ1v) is 6.42. The molecule has 1 fully saturated rings. The van der Waals surface area contributed by atoms with Gasteiger partial charge >= 0.3 is 29.6 Å². The van der Waals surface area contributed by atoms with Crippen LogP contribution >= 0.6 is 0 Å². The molecule has 16 heavy (non-hydrogen) atoms. The Morgan fingerprint density at radius 1 is 1.25 bits per heavy atom. The molecule has 0 heterocycles. The number of carboxylic acids is 1. The van der Waals surface area contributed by atoms with E-state index < -0.39 is 5.97 Å². The van der Waals surface area contributed by atoms with Gasteiger partial charge in [-0.2, -0.15) is 0 Å². The summed E-state index contributed by atoms with van der Waals surface area (Å²) in [6.07, 6.45) is 10.2. The molecule has 2 nitrogen and oxygen atoms in total. The van der Waals surface area contributed by atoms with Crippen molar-refractivity contribution in [1.82, 2.24) is 0 Å². The van der Waals surface area contributed by atoms with Gasteiger partial charge in [-0.1, -0.05) is 51.9 Å². The average molecular weight is 234 g/mol. The van der Waals surface area contributed by atoms with Gasteiger partial charge in [-0.3, -0.25) is 0 Å². The molecular weight excluding hydrogens is 211 g/mol. The van der Waals surface area contributed by atoms with Gasteiger partial charge in [0.15, 0.2) is 0 Å². The zero-order chi connectivity index (χ0) is 11.1. The molecule has 88 valence electrons. The molecule has 0 aromatic heterocycles. The Labute approximate surface area is 121 Å². The number of aliphatic carboxylic acids is 1. The maximum atomic E-state index is 10.5. The first kappa shape index (κ1) is 16.5. The molecule has 0 aromatic rings. The van der Waals surface area contributed by atoms with Gasteiger partial charge in [-0.25, -0.2) is 0 Å². The molecule has 1 aliphatic carbocycles. The minimum Gasteiger partial charge on any atom is -0.550 e. The summed E-state index contributed by atoms with van der Waals surface area (Å²) in [6.45, 7) is 2.22.